The van der Waals surface area contributed by atoms with E-state index in [9.17, 15) is 9.90 Å². The third-order valence-corrected chi connectivity index (χ3v) is 5.08. The van der Waals surface area contributed by atoms with Crippen molar-refractivity contribution in [2.45, 2.75) is 89.8 Å². The zero-order valence-electron chi connectivity index (χ0n) is 12.9. The first-order valence-electron chi connectivity index (χ1n) is 8.61. The van der Waals surface area contributed by atoms with Crippen molar-refractivity contribution in [2.24, 2.45) is 11.8 Å². The maximum atomic E-state index is 12.5. The number of carbonyl (C=O) groups is 1. The standard InChI is InChI=1S/C17H30O3/c1-2-3-8-13-9-4-5-10-14(13)17(19)20-16-12-7-6-11-15(16)18/h13-16,18H,2-12H2,1H3/t13-,14+,15-,16-/m1/s1. The molecular weight excluding hydrogens is 252 g/mol. The lowest BCUT2D eigenvalue weighted by Crippen LogP contribution is -2.38. The minimum Gasteiger partial charge on any atom is -0.459 e. The van der Waals surface area contributed by atoms with Crippen molar-refractivity contribution in [3.63, 3.8) is 0 Å². The van der Waals surface area contributed by atoms with E-state index >= 15 is 0 Å². The Bertz CT molecular complexity index is 303. The van der Waals surface area contributed by atoms with Crippen molar-refractivity contribution < 1.29 is 14.6 Å². The number of rotatable bonds is 5. The largest absolute Gasteiger partial charge is 0.459 e. The van der Waals surface area contributed by atoms with Gasteiger partial charge in [-0.1, -0.05) is 39.0 Å². The predicted molar refractivity (Wildman–Crippen MR) is 79.3 cm³/mol. The van der Waals surface area contributed by atoms with Crippen LogP contribution in [0.4, 0.5) is 0 Å². The first-order chi connectivity index (χ1) is 9.72. The highest BCUT2D eigenvalue weighted by molar-refractivity contribution is 5.73. The molecule has 0 bridgehead atoms. The van der Waals surface area contributed by atoms with Gasteiger partial charge in [0.25, 0.3) is 0 Å². The summed E-state index contributed by atoms with van der Waals surface area (Å²) in [6.07, 6.45) is 11.2. The van der Waals surface area contributed by atoms with Crippen molar-refractivity contribution in [3.05, 3.63) is 0 Å². The van der Waals surface area contributed by atoms with Crippen molar-refractivity contribution >= 4 is 5.97 Å². The lowest BCUT2D eigenvalue weighted by atomic mass is 9.76. The third-order valence-electron chi connectivity index (χ3n) is 5.08. The lowest BCUT2D eigenvalue weighted by molar-refractivity contribution is -0.166. The van der Waals surface area contributed by atoms with Crippen molar-refractivity contribution in [1.29, 1.82) is 0 Å². The molecule has 0 aromatic heterocycles. The highest BCUT2D eigenvalue weighted by Crippen LogP contribution is 2.35. The van der Waals surface area contributed by atoms with E-state index in [4.69, 9.17) is 4.74 Å². The monoisotopic (exact) mass is 282 g/mol. The van der Waals surface area contributed by atoms with Crippen LogP contribution in [-0.4, -0.2) is 23.3 Å². The number of hydrogen-bond donors (Lipinski definition) is 1. The highest BCUT2D eigenvalue weighted by atomic mass is 16.6. The lowest BCUT2D eigenvalue weighted by Gasteiger charge is -2.33. The maximum absolute atomic E-state index is 12.5. The molecule has 0 aromatic rings. The van der Waals surface area contributed by atoms with Crippen LogP contribution in [0.25, 0.3) is 0 Å². The molecule has 2 aliphatic carbocycles. The second-order valence-electron chi connectivity index (χ2n) is 6.62. The molecule has 2 rings (SSSR count). The molecule has 0 amide bonds. The van der Waals surface area contributed by atoms with Crippen LogP contribution in [0.15, 0.2) is 0 Å². The molecule has 20 heavy (non-hydrogen) atoms. The molecule has 0 unspecified atom stereocenters. The summed E-state index contributed by atoms with van der Waals surface area (Å²) >= 11 is 0. The SMILES string of the molecule is CCCC[C@@H]1CCCC[C@@H]1C(=O)O[C@@H]1CCCC[C@H]1O. The molecule has 4 atom stereocenters. The van der Waals surface area contributed by atoms with Crippen molar-refractivity contribution in [3.8, 4) is 0 Å². The Morgan fingerprint density at radius 1 is 1.10 bits per heavy atom. The summed E-state index contributed by atoms with van der Waals surface area (Å²) in [6, 6.07) is 0. The van der Waals surface area contributed by atoms with E-state index < -0.39 is 6.10 Å². The second kappa shape index (κ2) is 8.02. The van der Waals surface area contributed by atoms with Gasteiger partial charge in [0, 0.05) is 0 Å². The Labute approximate surface area is 123 Å². The molecule has 3 heteroatoms. The number of carbonyl (C=O) groups excluding carboxylic acids is 1. The fourth-order valence-corrected chi connectivity index (χ4v) is 3.78. The van der Waals surface area contributed by atoms with Gasteiger partial charge in [0.15, 0.2) is 0 Å². The maximum Gasteiger partial charge on any atom is 0.309 e. The Balaban J connectivity index is 1.88. The van der Waals surface area contributed by atoms with Crippen LogP contribution in [0.1, 0.15) is 77.6 Å². The van der Waals surface area contributed by atoms with E-state index in [0.717, 1.165) is 44.9 Å². The number of ether oxygens (including phenoxy) is 1. The predicted octanol–water partition coefficient (Wildman–Crippen LogP) is 3.83. The Hall–Kier alpha value is -0.570. The van der Waals surface area contributed by atoms with Gasteiger partial charge in [-0.15, -0.1) is 0 Å². The van der Waals surface area contributed by atoms with Crippen LogP contribution in [0.2, 0.25) is 0 Å². The topological polar surface area (TPSA) is 46.5 Å². The number of aliphatic hydroxyl groups excluding tert-OH is 1. The highest BCUT2D eigenvalue weighted by Gasteiger charge is 2.34. The zero-order chi connectivity index (χ0) is 14.4. The Morgan fingerprint density at radius 2 is 1.80 bits per heavy atom. The first-order valence-corrected chi connectivity index (χ1v) is 8.61. The fraction of sp³-hybridized carbons (Fsp3) is 0.941. The zero-order valence-corrected chi connectivity index (χ0v) is 12.9. The van der Waals surface area contributed by atoms with E-state index in [1.54, 1.807) is 0 Å². The summed E-state index contributed by atoms with van der Waals surface area (Å²) in [5.41, 5.74) is 0. The second-order valence-corrected chi connectivity index (χ2v) is 6.62. The Kier molecular flexibility index (Phi) is 6.34. The molecule has 2 saturated carbocycles. The number of aliphatic hydroxyl groups is 1. The van der Waals surface area contributed by atoms with Gasteiger partial charge in [-0.3, -0.25) is 4.79 Å². The summed E-state index contributed by atoms with van der Waals surface area (Å²) in [5, 5.41) is 9.95. The van der Waals surface area contributed by atoms with Crippen molar-refractivity contribution in [2.75, 3.05) is 0 Å². The van der Waals surface area contributed by atoms with Gasteiger partial charge >= 0.3 is 5.97 Å². The molecular formula is C17H30O3. The molecule has 2 aliphatic rings. The van der Waals surface area contributed by atoms with E-state index in [-0.39, 0.29) is 18.0 Å². The van der Waals surface area contributed by atoms with Gasteiger partial charge in [-0.2, -0.15) is 0 Å². The van der Waals surface area contributed by atoms with Gasteiger partial charge in [0.1, 0.15) is 6.10 Å². The van der Waals surface area contributed by atoms with Gasteiger partial charge in [-0.05, 0) is 44.4 Å². The van der Waals surface area contributed by atoms with Crippen LogP contribution < -0.4 is 0 Å². The summed E-state index contributed by atoms with van der Waals surface area (Å²) in [5.74, 6) is 0.568. The third kappa shape index (κ3) is 4.21. The molecule has 0 spiro atoms. The minimum atomic E-state index is -0.439. The van der Waals surface area contributed by atoms with Gasteiger partial charge in [0.05, 0.1) is 12.0 Å². The van der Waals surface area contributed by atoms with Crippen LogP contribution in [0.3, 0.4) is 0 Å². The molecule has 2 fully saturated rings. The fourth-order valence-electron chi connectivity index (χ4n) is 3.78. The number of unbranched alkanes of at least 4 members (excludes halogenated alkanes) is 1. The molecule has 0 aliphatic heterocycles. The van der Waals surface area contributed by atoms with Gasteiger partial charge in [0.2, 0.25) is 0 Å². The Morgan fingerprint density at radius 3 is 2.55 bits per heavy atom. The van der Waals surface area contributed by atoms with Gasteiger partial charge in [-0.25, -0.2) is 0 Å². The molecule has 0 radical (unpaired) electrons. The molecule has 1 N–H and O–H groups in total. The van der Waals surface area contributed by atoms with Gasteiger partial charge < -0.3 is 9.84 Å². The minimum absolute atomic E-state index is 0.0308. The summed E-state index contributed by atoms with van der Waals surface area (Å²) in [6.45, 7) is 2.20. The van der Waals surface area contributed by atoms with E-state index in [1.165, 1.54) is 25.7 Å². The van der Waals surface area contributed by atoms with Crippen LogP contribution >= 0.6 is 0 Å². The molecule has 0 saturated heterocycles. The molecule has 0 aromatic carbocycles. The summed E-state index contributed by atoms with van der Waals surface area (Å²) in [7, 11) is 0. The van der Waals surface area contributed by atoms with E-state index in [1.807, 2.05) is 0 Å². The summed E-state index contributed by atoms with van der Waals surface area (Å²) < 4.78 is 5.66. The number of esters is 1. The quantitative estimate of drug-likeness (QED) is 0.780. The van der Waals surface area contributed by atoms with Crippen molar-refractivity contribution in [1.82, 2.24) is 0 Å². The molecule has 116 valence electrons. The normalized spacial score (nSPS) is 34.7. The smallest absolute Gasteiger partial charge is 0.309 e. The molecule has 3 nitrogen and oxygen atoms in total. The first kappa shape index (κ1) is 15.8. The number of hydrogen-bond acceptors (Lipinski definition) is 3. The van der Waals surface area contributed by atoms with E-state index in [2.05, 4.69) is 6.92 Å². The van der Waals surface area contributed by atoms with Crippen LogP contribution in [0, 0.1) is 11.8 Å². The van der Waals surface area contributed by atoms with Crippen LogP contribution in [-0.2, 0) is 9.53 Å². The summed E-state index contributed by atoms with van der Waals surface area (Å²) in [4.78, 5) is 12.5. The van der Waals surface area contributed by atoms with E-state index in [0.29, 0.717) is 5.92 Å². The van der Waals surface area contributed by atoms with Crippen LogP contribution in [0.5, 0.6) is 0 Å². The average Bonchev–Trinajstić information content (AvgIpc) is 2.47. The average molecular weight is 282 g/mol. The molecule has 0 heterocycles.